The fourth-order valence-corrected chi connectivity index (χ4v) is 2.10. The highest BCUT2D eigenvalue weighted by Gasteiger charge is 2.09. The van der Waals surface area contributed by atoms with E-state index in [0.29, 0.717) is 12.2 Å². The number of nitrogens with zero attached hydrogens (tertiary/aromatic N) is 1. The molecule has 0 aliphatic heterocycles. The maximum atomic E-state index is 10.3. The SMILES string of the molecule is COc1cc(C=Cc2ccccn2)cc(O)c1CC=C(C)C. The summed E-state index contributed by atoms with van der Waals surface area (Å²) in [6.45, 7) is 4.07. The van der Waals surface area contributed by atoms with Crippen molar-refractivity contribution in [1.29, 1.82) is 0 Å². The number of benzene rings is 1. The third-order valence-corrected chi connectivity index (χ3v) is 3.28. The molecule has 0 spiro atoms. The minimum atomic E-state index is 0.248. The summed E-state index contributed by atoms with van der Waals surface area (Å²) < 4.78 is 5.41. The third-order valence-electron chi connectivity index (χ3n) is 3.28. The number of rotatable bonds is 5. The van der Waals surface area contributed by atoms with Gasteiger partial charge in [-0.2, -0.15) is 0 Å². The second kappa shape index (κ2) is 7.46. The van der Waals surface area contributed by atoms with Crippen molar-refractivity contribution in [3.8, 4) is 11.5 Å². The number of ether oxygens (including phenoxy) is 1. The predicted molar refractivity (Wildman–Crippen MR) is 91.0 cm³/mol. The largest absolute Gasteiger partial charge is 0.507 e. The van der Waals surface area contributed by atoms with E-state index in [2.05, 4.69) is 11.1 Å². The van der Waals surface area contributed by atoms with Crippen molar-refractivity contribution in [2.75, 3.05) is 7.11 Å². The van der Waals surface area contributed by atoms with Crippen molar-refractivity contribution in [2.45, 2.75) is 20.3 Å². The molecule has 1 aromatic heterocycles. The zero-order valence-electron chi connectivity index (χ0n) is 13.2. The van der Waals surface area contributed by atoms with Crippen LogP contribution in [0.4, 0.5) is 0 Å². The van der Waals surface area contributed by atoms with Gasteiger partial charge in [0.2, 0.25) is 0 Å². The van der Waals surface area contributed by atoms with E-state index in [4.69, 9.17) is 4.74 Å². The molecule has 1 heterocycles. The van der Waals surface area contributed by atoms with Crippen molar-refractivity contribution in [2.24, 2.45) is 0 Å². The first-order valence-corrected chi connectivity index (χ1v) is 7.22. The maximum absolute atomic E-state index is 10.3. The van der Waals surface area contributed by atoms with E-state index in [1.165, 1.54) is 5.57 Å². The average Bonchev–Trinajstić information content (AvgIpc) is 2.52. The second-order valence-corrected chi connectivity index (χ2v) is 5.29. The Hall–Kier alpha value is -2.55. The first kappa shape index (κ1) is 15.8. The highest BCUT2D eigenvalue weighted by Crippen LogP contribution is 2.31. The standard InChI is InChI=1S/C19H21NO2/c1-14(2)7-10-17-18(21)12-15(13-19(17)22-3)8-9-16-6-4-5-11-20-16/h4-9,11-13,21H,10H2,1-3H3. The molecule has 0 radical (unpaired) electrons. The van der Waals surface area contributed by atoms with E-state index < -0.39 is 0 Å². The van der Waals surface area contributed by atoms with Crippen LogP contribution < -0.4 is 4.74 Å². The number of phenols is 1. The maximum Gasteiger partial charge on any atom is 0.126 e. The molecule has 0 saturated heterocycles. The molecular formula is C19H21NO2. The van der Waals surface area contributed by atoms with E-state index in [-0.39, 0.29) is 5.75 Å². The molecule has 22 heavy (non-hydrogen) atoms. The molecule has 1 N–H and O–H groups in total. The van der Waals surface area contributed by atoms with Gasteiger partial charge in [0.05, 0.1) is 12.8 Å². The molecular weight excluding hydrogens is 274 g/mol. The zero-order valence-corrected chi connectivity index (χ0v) is 13.2. The van der Waals surface area contributed by atoms with Gasteiger partial charge in [-0.25, -0.2) is 0 Å². The molecule has 1 aromatic carbocycles. The monoisotopic (exact) mass is 295 g/mol. The van der Waals surface area contributed by atoms with E-state index in [0.717, 1.165) is 16.8 Å². The lowest BCUT2D eigenvalue weighted by Gasteiger charge is -2.10. The van der Waals surface area contributed by atoms with Gasteiger partial charge in [0.15, 0.2) is 0 Å². The van der Waals surface area contributed by atoms with Crippen molar-refractivity contribution in [3.05, 3.63) is 65.0 Å². The van der Waals surface area contributed by atoms with Gasteiger partial charge >= 0.3 is 0 Å². The van der Waals surface area contributed by atoms with Gasteiger partial charge in [-0.15, -0.1) is 0 Å². The molecule has 0 fully saturated rings. The second-order valence-electron chi connectivity index (χ2n) is 5.29. The summed E-state index contributed by atoms with van der Waals surface area (Å²) in [6, 6.07) is 9.41. The Bertz CT molecular complexity index is 684. The highest BCUT2D eigenvalue weighted by molar-refractivity contribution is 5.70. The Morgan fingerprint density at radius 2 is 2.05 bits per heavy atom. The quantitative estimate of drug-likeness (QED) is 0.827. The van der Waals surface area contributed by atoms with Crippen LogP contribution >= 0.6 is 0 Å². The van der Waals surface area contributed by atoms with Gasteiger partial charge in [0, 0.05) is 11.8 Å². The summed E-state index contributed by atoms with van der Waals surface area (Å²) in [5.41, 5.74) is 3.76. The molecule has 0 bridgehead atoms. The Morgan fingerprint density at radius 1 is 1.23 bits per heavy atom. The Labute approximate surface area is 131 Å². The third kappa shape index (κ3) is 4.22. The molecule has 2 rings (SSSR count). The molecule has 0 aliphatic carbocycles. The summed E-state index contributed by atoms with van der Waals surface area (Å²) >= 11 is 0. The van der Waals surface area contributed by atoms with Gasteiger partial charge in [0.1, 0.15) is 11.5 Å². The van der Waals surface area contributed by atoms with E-state index in [9.17, 15) is 5.11 Å². The van der Waals surface area contributed by atoms with Crippen molar-refractivity contribution >= 4 is 12.2 Å². The van der Waals surface area contributed by atoms with Crippen molar-refractivity contribution < 1.29 is 9.84 Å². The number of hydrogen-bond donors (Lipinski definition) is 1. The number of pyridine rings is 1. The average molecular weight is 295 g/mol. The fraction of sp³-hybridized carbons (Fsp3) is 0.211. The van der Waals surface area contributed by atoms with Crippen LogP contribution in [0.1, 0.15) is 30.7 Å². The van der Waals surface area contributed by atoms with Crippen LogP contribution in [0.3, 0.4) is 0 Å². The minimum Gasteiger partial charge on any atom is -0.507 e. The normalized spacial score (nSPS) is 10.7. The Morgan fingerprint density at radius 3 is 2.68 bits per heavy atom. The van der Waals surface area contributed by atoms with Crippen molar-refractivity contribution in [3.63, 3.8) is 0 Å². The summed E-state index contributed by atoms with van der Waals surface area (Å²) in [5.74, 6) is 0.940. The highest BCUT2D eigenvalue weighted by atomic mass is 16.5. The lowest BCUT2D eigenvalue weighted by atomic mass is 10.0. The fourth-order valence-electron chi connectivity index (χ4n) is 2.10. The number of methoxy groups -OCH3 is 1. The molecule has 0 saturated carbocycles. The summed E-state index contributed by atoms with van der Waals surface area (Å²) in [4.78, 5) is 4.24. The van der Waals surface area contributed by atoms with Crippen LogP contribution in [-0.2, 0) is 6.42 Å². The van der Waals surface area contributed by atoms with Gasteiger partial charge in [-0.1, -0.05) is 23.8 Å². The lowest BCUT2D eigenvalue weighted by Crippen LogP contribution is -1.93. The van der Waals surface area contributed by atoms with Crippen LogP contribution in [0.2, 0.25) is 0 Å². The zero-order chi connectivity index (χ0) is 15.9. The van der Waals surface area contributed by atoms with Crippen LogP contribution in [0.25, 0.3) is 12.2 Å². The Balaban J connectivity index is 2.29. The van der Waals surface area contributed by atoms with Gasteiger partial charge in [-0.3, -0.25) is 4.98 Å². The van der Waals surface area contributed by atoms with E-state index >= 15 is 0 Å². The molecule has 0 aliphatic rings. The predicted octanol–water partition coefficient (Wildman–Crippen LogP) is 4.47. The van der Waals surface area contributed by atoms with Crippen LogP contribution in [-0.4, -0.2) is 17.2 Å². The van der Waals surface area contributed by atoms with Gasteiger partial charge in [0.25, 0.3) is 0 Å². The number of phenolic OH excluding ortho intramolecular Hbond substituents is 1. The van der Waals surface area contributed by atoms with E-state index in [1.807, 2.05) is 50.3 Å². The lowest BCUT2D eigenvalue weighted by molar-refractivity contribution is 0.401. The molecule has 0 amide bonds. The number of allylic oxidation sites excluding steroid dienone is 2. The summed E-state index contributed by atoms with van der Waals surface area (Å²) in [7, 11) is 1.62. The molecule has 2 aromatic rings. The molecule has 3 nitrogen and oxygen atoms in total. The topological polar surface area (TPSA) is 42.4 Å². The molecule has 0 unspecified atom stereocenters. The summed E-state index contributed by atoms with van der Waals surface area (Å²) in [5, 5.41) is 10.3. The minimum absolute atomic E-state index is 0.248. The molecule has 3 heteroatoms. The van der Waals surface area contributed by atoms with E-state index in [1.54, 1.807) is 19.4 Å². The van der Waals surface area contributed by atoms with Crippen LogP contribution in [0.15, 0.2) is 48.2 Å². The van der Waals surface area contributed by atoms with Crippen LogP contribution in [0, 0.1) is 0 Å². The first-order valence-electron chi connectivity index (χ1n) is 7.22. The number of aromatic nitrogens is 1. The Kier molecular flexibility index (Phi) is 5.37. The smallest absolute Gasteiger partial charge is 0.126 e. The molecule has 0 atom stereocenters. The van der Waals surface area contributed by atoms with Crippen molar-refractivity contribution in [1.82, 2.24) is 4.98 Å². The first-order chi connectivity index (χ1) is 10.6. The number of hydrogen-bond acceptors (Lipinski definition) is 3. The van der Waals surface area contributed by atoms with Gasteiger partial charge < -0.3 is 9.84 Å². The number of aromatic hydroxyl groups is 1. The molecule has 114 valence electrons. The van der Waals surface area contributed by atoms with Gasteiger partial charge in [-0.05, 0) is 56.2 Å². The summed E-state index contributed by atoms with van der Waals surface area (Å²) in [6.07, 6.45) is 8.29. The van der Waals surface area contributed by atoms with Crippen LogP contribution in [0.5, 0.6) is 11.5 Å².